The predicted molar refractivity (Wildman–Crippen MR) is 74.7 cm³/mol. The van der Waals surface area contributed by atoms with Crippen molar-refractivity contribution in [1.29, 1.82) is 0 Å². The minimum Gasteiger partial charge on any atom is -0.505 e. The Labute approximate surface area is 116 Å². The molecule has 2 aromatic rings. The van der Waals surface area contributed by atoms with Crippen molar-refractivity contribution in [2.75, 3.05) is 12.8 Å². The summed E-state index contributed by atoms with van der Waals surface area (Å²) in [5.74, 6) is -0.960. The van der Waals surface area contributed by atoms with Crippen LogP contribution in [0.1, 0.15) is 15.9 Å². The summed E-state index contributed by atoms with van der Waals surface area (Å²) in [6.07, 6.45) is 0. The van der Waals surface area contributed by atoms with Crippen molar-refractivity contribution in [3.63, 3.8) is 0 Å². The normalized spacial score (nSPS) is 10.3. The number of benzene rings is 2. The van der Waals surface area contributed by atoms with Crippen LogP contribution in [0.2, 0.25) is 0 Å². The van der Waals surface area contributed by atoms with E-state index in [1.807, 2.05) is 0 Å². The molecule has 20 heavy (non-hydrogen) atoms. The number of para-hydroxylation sites is 1. The number of hydrogen-bond acceptors (Lipinski definition) is 3. The van der Waals surface area contributed by atoms with Gasteiger partial charge in [0.2, 0.25) is 0 Å². The molecule has 2 aromatic carbocycles. The quantitative estimate of drug-likeness (QED) is 0.667. The number of aromatic hydroxyl groups is 1. The first-order chi connectivity index (χ1) is 9.49. The summed E-state index contributed by atoms with van der Waals surface area (Å²) in [4.78, 5) is 13.6. The Hall–Kier alpha value is -2.56. The van der Waals surface area contributed by atoms with Crippen molar-refractivity contribution in [1.82, 2.24) is 4.90 Å². The van der Waals surface area contributed by atoms with E-state index >= 15 is 0 Å². The van der Waals surface area contributed by atoms with Crippen molar-refractivity contribution in [3.8, 4) is 5.75 Å². The van der Waals surface area contributed by atoms with Crippen LogP contribution in [0.4, 0.5) is 10.1 Å². The van der Waals surface area contributed by atoms with Crippen molar-refractivity contribution in [3.05, 3.63) is 59.4 Å². The van der Waals surface area contributed by atoms with E-state index in [-0.39, 0.29) is 35.3 Å². The van der Waals surface area contributed by atoms with E-state index in [2.05, 4.69) is 0 Å². The Balaban J connectivity index is 2.19. The van der Waals surface area contributed by atoms with E-state index in [0.29, 0.717) is 5.56 Å². The molecule has 0 saturated carbocycles. The zero-order valence-electron chi connectivity index (χ0n) is 11.0. The molecule has 0 heterocycles. The Morgan fingerprint density at radius 2 is 2.00 bits per heavy atom. The molecule has 0 saturated heterocycles. The van der Waals surface area contributed by atoms with E-state index in [4.69, 9.17) is 5.73 Å². The number of anilines is 1. The van der Waals surface area contributed by atoms with Crippen LogP contribution < -0.4 is 5.73 Å². The SMILES string of the molecule is CN(Cc1cccc(F)c1)C(=O)c1cccc(N)c1O. The summed E-state index contributed by atoms with van der Waals surface area (Å²) in [6, 6.07) is 10.6. The van der Waals surface area contributed by atoms with Gasteiger partial charge in [-0.1, -0.05) is 18.2 Å². The van der Waals surface area contributed by atoms with Gasteiger partial charge >= 0.3 is 0 Å². The third-order valence-corrected chi connectivity index (χ3v) is 2.95. The fraction of sp³-hybridized carbons (Fsp3) is 0.133. The van der Waals surface area contributed by atoms with Crippen molar-refractivity contribution >= 4 is 11.6 Å². The number of amides is 1. The second-order valence-corrected chi connectivity index (χ2v) is 4.53. The van der Waals surface area contributed by atoms with Crippen LogP contribution in [0.5, 0.6) is 5.75 Å². The molecule has 0 aliphatic rings. The van der Waals surface area contributed by atoms with Gasteiger partial charge in [0.15, 0.2) is 5.75 Å². The van der Waals surface area contributed by atoms with Crippen LogP contribution in [-0.2, 0) is 6.54 Å². The van der Waals surface area contributed by atoms with Crippen LogP contribution in [0, 0.1) is 5.82 Å². The van der Waals surface area contributed by atoms with Gasteiger partial charge in [0.25, 0.3) is 5.91 Å². The highest BCUT2D eigenvalue weighted by atomic mass is 19.1. The zero-order chi connectivity index (χ0) is 14.7. The second-order valence-electron chi connectivity index (χ2n) is 4.53. The van der Waals surface area contributed by atoms with Gasteiger partial charge in [0, 0.05) is 13.6 Å². The maximum atomic E-state index is 13.1. The summed E-state index contributed by atoms with van der Waals surface area (Å²) in [5.41, 5.74) is 6.51. The molecule has 104 valence electrons. The number of phenols is 1. The molecule has 0 bridgehead atoms. The van der Waals surface area contributed by atoms with Gasteiger partial charge in [0.1, 0.15) is 5.82 Å². The van der Waals surface area contributed by atoms with E-state index in [0.717, 1.165) is 0 Å². The first-order valence-corrected chi connectivity index (χ1v) is 6.06. The summed E-state index contributed by atoms with van der Waals surface area (Å²) in [5, 5.41) is 9.79. The number of nitrogens with two attached hydrogens (primary N) is 1. The molecule has 4 nitrogen and oxygen atoms in total. The molecule has 5 heteroatoms. The van der Waals surface area contributed by atoms with Crippen molar-refractivity contribution in [2.45, 2.75) is 6.54 Å². The number of carbonyl (C=O) groups excluding carboxylic acids is 1. The molecule has 0 radical (unpaired) electrons. The molecule has 0 fully saturated rings. The lowest BCUT2D eigenvalue weighted by Gasteiger charge is -2.18. The Morgan fingerprint density at radius 1 is 1.30 bits per heavy atom. The number of halogens is 1. The maximum Gasteiger partial charge on any atom is 0.257 e. The molecular formula is C15H15FN2O2. The van der Waals surface area contributed by atoms with Crippen LogP contribution in [0.15, 0.2) is 42.5 Å². The van der Waals surface area contributed by atoms with E-state index < -0.39 is 0 Å². The van der Waals surface area contributed by atoms with E-state index in [9.17, 15) is 14.3 Å². The molecular weight excluding hydrogens is 259 g/mol. The second kappa shape index (κ2) is 5.61. The number of rotatable bonds is 3. The molecule has 0 unspecified atom stereocenters. The Morgan fingerprint density at radius 3 is 2.70 bits per heavy atom. The van der Waals surface area contributed by atoms with Crippen LogP contribution >= 0.6 is 0 Å². The predicted octanol–water partition coefficient (Wildman–Crippen LogP) is 2.39. The standard InChI is InChI=1S/C15H15FN2O2/c1-18(9-10-4-2-5-11(16)8-10)15(20)12-6-3-7-13(17)14(12)19/h2-8,19H,9,17H2,1H3. The highest BCUT2D eigenvalue weighted by Crippen LogP contribution is 2.25. The van der Waals surface area contributed by atoms with Crippen LogP contribution in [-0.4, -0.2) is 23.0 Å². The third-order valence-electron chi connectivity index (χ3n) is 2.95. The van der Waals surface area contributed by atoms with Crippen molar-refractivity contribution < 1.29 is 14.3 Å². The molecule has 3 N–H and O–H groups in total. The van der Waals surface area contributed by atoms with Gasteiger partial charge in [-0.25, -0.2) is 4.39 Å². The van der Waals surface area contributed by atoms with Gasteiger partial charge in [-0.2, -0.15) is 0 Å². The molecule has 0 aliphatic carbocycles. The molecule has 0 aromatic heterocycles. The molecule has 1 amide bonds. The first kappa shape index (κ1) is 13.9. The highest BCUT2D eigenvalue weighted by Gasteiger charge is 2.17. The number of nitrogens with zero attached hydrogens (tertiary/aromatic N) is 1. The van der Waals surface area contributed by atoms with Gasteiger partial charge in [0.05, 0.1) is 11.3 Å². The lowest BCUT2D eigenvalue weighted by molar-refractivity contribution is 0.0782. The van der Waals surface area contributed by atoms with E-state index in [1.54, 1.807) is 25.2 Å². The average Bonchev–Trinajstić information content (AvgIpc) is 2.41. The molecule has 2 rings (SSSR count). The minimum absolute atomic E-state index is 0.129. The average molecular weight is 274 g/mol. The lowest BCUT2D eigenvalue weighted by Crippen LogP contribution is -2.26. The largest absolute Gasteiger partial charge is 0.505 e. The van der Waals surface area contributed by atoms with Crippen LogP contribution in [0.3, 0.4) is 0 Å². The number of carbonyl (C=O) groups is 1. The number of hydrogen-bond donors (Lipinski definition) is 2. The first-order valence-electron chi connectivity index (χ1n) is 6.06. The summed E-state index contributed by atoms with van der Waals surface area (Å²) >= 11 is 0. The van der Waals surface area contributed by atoms with Gasteiger partial charge < -0.3 is 15.7 Å². The smallest absolute Gasteiger partial charge is 0.257 e. The van der Waals surface area contributed by atoms with Crippen LogP contribution in [0.25, 0.3) is 0 Å². The van der Waals surface area contributed by atoms with Gasteiger partial charge in [-0.3, -0.25) is 4.79 Å². The monoisotopic (exact) mass is 274 g/mol. The zero-order valence-corrected chi connectivity index (χ0v) is 11.0. The Bertz CT molecular complexity index is 644. The summed E-state index contributed by atoms with van der Waals surface area (Å²) in [6.45, 7) is 0.241. The number of nitrogen functional groups attached to an aromatic ring is 1. The number of phenolic OH excluding ortho intramolecular Hbond substituents is 1. The van der Waals surface area contributed by atoms with E-state index in [1.165, 1.54) is 29.2 Å². The lowest BCUT2D eigenvalue weighted by atomic mass is 10.1. The third kappa shape index (κ3) is 2.88. The fourth-order valence-electron chi connectivity index (χ4n) is 1.92. The fourth-order valence-corrected chi connectivity index (χ4v) is 1.92. The molecule has 0 atom stereocenters. The van der Waals surface area contributed by atoms with Gasteiger partial charge in [-0.05, 0) is 29.8 Å². The van der Waals surface area contributed by atoms with Crippen molar-refractivity contribution in [2.24, 2.45) is 0 Å². The topological polar surface area (TPSA) is 66.6 Å². The molecule has 0 spiro atoms. The minimum atomic E-state index is -0.376. The Kier molecular flexibility index (Phi) is 3.89. The maximum absolute atomic E-state index is 13.1. The summed E-state index contributed by atoms with van der Waals surface area (Å²) < 4.78 is 13.1. The summed E-state index contributed by atoms with van der Waals surface area (Å²) in [7, 11) is 1.58. The highest BCUT2D eigenvalue weighted by molar-refractivity contribution is 5.98. The van der Waals surface area contributed by atoms with Gasteiger partial charge in [-0.15, -0.1) is 0 Å². The molecule has 0 aliphatic heterocycles.